The van der Waals surface area contributed by atoms with Crippen molar-refractivity contribution in [2.75, 3.05) is 5.75 Å². The third-order valence-electron chi connectivity index (χ3n) is 6.07. The number of amides is 2. The van der Waals surface area contributed by atoms with Crippen LogP contribution in [0.1, 0.15) is 37.0 Å². The summed E-state index contributed by atoms with van der Waals surface area (Å²) in [7, 11) is 0. The van der Waals surface area contributed by atoms with Gasteiger partial charge in [-0.3, -0.25) is 9.59 Å². The number of rotatable bonds is 12. The Morgan fingerprint density at radius 2 is 1.73 bits per heavy atom. The molecular weight excluding hydrogens is 575 g/mol. The zero-order valence-corrected chi connectivity index (χ0v) is 24.1. The second kappa shape index (κ2) is 14.6. The van der Waals surface area contributed by atoms with Crippen LogP contribution < -0.4 is 5.32 Å². The summed E-state index contributed by atoms with van der Waals surface area (Å²) in [6, 6.07) is 21.2. The standard InChI is InChI=1S/C29H31BrClFN2O2S/c1-3-20(2)33-29(36)27(16-21-8-5-4-6-9-21)34(17-22-12-14-23(30)15-13-22)28(35)19-37-18-24-25(31)10-7-11-26(24)32/h4-15,20,27H,3,16-19H2,1-2H3,(H,33,36)/t20-,27+/m0/s1. The number of nitrogens with zero attached hydrogens (tertiary/aromatic N) is 1. The first kappa shape index (κ1) is 29.2. The number of nitrogens with one attached hydrogen (secondary N) is 1. The molecule has 0 unspecified atom stereocenters. The molecule has 0 aliphatic rings. The van der Waals surface area contributed by atoms with E-state index in [0.717, 1.165) is 22.0 Å². The van der Waals surface area contributed by atoms with Crippen molar-refractivity contribution in [1.82, 2.24) is 10.2 Å². The van der Waals surface area contributed by atoms with E-state index in [1.54, 1.807) is 17.0 Å². The van der Waals surface area contributed by atoms with Crippen LogP contribution in [-0.2, 0) is 28.3 Å². The van der Waals surface area contributed by atoms with Crippen LogP contribution in [0.2, 0.25) is 5.02 Å². The average Bonchev–Trinajstić information content (AvgIpc) is 2.89. The second-order valence-corrected chi connectivity index (χ2v) is 11.2. The number of carbonyl (C=O) groups excluding carboxylic acids is 2. The molecule has 0 aromatic heterocycles. The van der Waals surface area contributed by atoms with Crippen LogP contribution in [0.5, 0.6) is 0 Å². The fraction of sp³-hybridized carbons (Fsp3) is 0.310. The molecule has 1 N–H and O–H groups in total. The van der Waals surface area contributed by atoms with E-state index in [9.17, 15) is 14.0 Å². The maximum absolute atomic E-state index is 14.2. The van der Waals surface area contributed by atoms with Gasteiger partial charge in [-0.25, -0.2) is 4.39 Å². The number of benzene rings is 3. The Kier molecular flexibility index (Phi) is 11.5. The first-order chi connectivity index (χ1) is 17.8. The van der Waals surface area contributed by atoms with E-state index in [1.807, 2.05) is 68.4 Å². The van der Waals surface area contributed by atoms with E-state index in [4.69, 9.17) is 11.6 Å². The highest BCUT2D eigenvalue weighted by molar-refractivity contribution is 9.10. The molecule has 0 aliphatic carbocycles. The monoisotopic (exact) mass is 604 g/mol. The SMILES string of the molecule is CC[C@H](C)NC(=O)[C@@H](Cc1ccccc1)N(Cc1ccc(Br)cc1)C(=O)CSCc1c(F)cccc1Cl. The zero-order valence-electron chi connectivity index (χ0n) is 20.9. The fourth-order valence-corrected chi connectivity index (χ4v) is 5.29. The lowest BCUT2D eigenvalue weighted by molar-refractivity contribution is -0.139. The topological polar surface area (TPSA) is 49.4 Å². The van der Waals surface area contributed by atoms with Gasteiger partial charge in [-0.15, -0.1) is 11.8 Å². The largest absolute Gasteiger partial charge is 0.352 e. The molecule has 0 aliphatic heterocycles. The van der Waals surface area contributed by atoms with Gasteiger partial charge in [-0.05, 0) is 48.7 Å². The molecule has 3 aromatic carbocycles. The van der Waals surface area contributed by atoms with Crippen molar-refractivity contribution in [3.8, 4) is 0 Å². The van der Waals surface area contributed by atoms with Gasteiger partial charge in [0.1, 0.15) is 11.9 Å². The molecule has 3 aromatic rings. The Labute approximate surface area is 236 Å². The third kappa shape index (κ3) is 8.87. The molecule has 0 spiro atoms. The Morgan fingerprint density at radius 1 is 1.03 bits per heavy atom. The first-order valence-corrected chi connectivity index (χ1v) is 14.5. The van der Waals surface area contributed by atoms with Crippen molar-refractivity contribution in [2.45, 2.75) is 51.1 Å². The van der Waals surface area contributed by atoms with Crippen molar-refractivity contribution in [3.05, 3.63) is 105 Å². The summed E-state index contributed by atoms with van der Waals surface area (Å²) >= 11 is 10.9. The predicted octanol–water partition coefficient (Wildman–Crippen LogP) is 7.03. The van der Waals surface area contributed by atoms with Gasteiger partial charge < -0.3 is 10.2 Å². The van der Waals surface area contributed by atoms with Crippen molar-refractivity contribution >= 4 is 51.1 Å². The lowest BCUT2D eigenvalue weighted by Gasteiger charge is -2.32. The quantitative estimate of drug-likeness (QED) is 0.241. The van der Waals surface area contributed by atoms with Crippen LogP contribution in [0.3, 0.4) is 0 Å². The summed E-state index contributed by atoms with van der Waals surface area (Å²) in [4.78, 5) is 28.8. The van der Waals surface area contributed by atoms with E-state index in [-0.39, 0.29) is 35.9 Å². The van der Waals surface area contributed by atoms with Gasteiger partial charge in [0.2, 0.25) is 11.8 Å². The Hall–Kier alpha value is -2.35. The predicted molar refractivity (Wildman–Crippen MR) is 154 cm³/mol. The van der Waals surface area contributed by atoms with E-state index in [1.165, 1.54) is 17.8 Å². The van der Waals surface area contributed by atoms with Crippen molar-refractivity contribution in [3.63, 3.8) is 0 Å². The molecular formula is C29H31BrClFN2O2S. The van der Waals surface area contributed by atoms with E-state index in [0.29, 0.717) is 17.0 Å². The summed E-state index contributed by atoms with van der Waals surface area (Å²) in [6.45, 7) is 4.23. The van der Waals surface area contributed by atoms with Gasteiger partial charge in [0.15, 0.2) is 0 Å². The average molecular weight is 606 g/mol. The zero-order chi connectivity index (χ0) is 26.8. The summed E-state index contributed by atoms with van der Waals surface area (Å²) in [5.41, 5.74) is 2.25. The molecule has 2 amide bonds. The van der Waals surface area contributed by atoms with Crippen LogP contribution in [0.15, 0.2) is 77.3 Å². The molecule has 0 radical (unpaired) electrons. The summed E-state index contributed by atoms with van der Waals surface area (Å²) in [6.07, 6.45) is 1.17. The van der Waals surface area contributed by atoms with Crippen LogP contribution in [0.25, 0.3) is 0 Å². The Bertz CT molecular complexity index is 1160. The number of hydrogen-bond donors (Lipinski definition) is 1. The van der Waals surface area contributed by atoms with Gasteiger partial charge in [-0.2, -0.15) is 0 Å². The summed E-state index contributed by atoms with van der Waals surface area (Å²) in [5, 5.41) is 3.40. The Morgan fingerprint density at radius 3 is 2.38 bits per heavy atom. The molecule has 0 heterocycles. The second-order valence-electron chi connectivity index (χ2n) is 8.86. The molecule has 0 bridgehead atoms. The number of halogens is 3. The highest BCUT2D eigenvalue weighted by Crippen LogP contribution is 2.25. The normalized spacial score (nSPS) is 12.6. The molecule has 2 atom stereocenters. The van der Waals surface area contributed by atoms with E-state index < -0.39 is 11.9 Å². The van der Waals surface area contributed by atoms with Crippen molar-refractivity contribution < 1.29 is 14.0 Å². The van der Waals surface area contributed by atoms with Crippen molar-refractivity contribution in [1.29, 1.82) is 0 Å². The molecule has 8 heteroatoms. The van der Waals surface area contributed by atoms with Gasteiger partial charge in [0.25, 0.3) is 0 Å². The fourth-order valence-electron chi connectivity index (χ4n) is 3.78. The van der Waals surface area contributed by atoms with E-state index in [2.05, 4.69) is 21.2 Å². The molecule has 3 rings (SSSR count). The Balaban J connectivity index is 1.87. The smallest absolute Gasteiger partial charge is 0.243 e. The highest BCUT2D eigenvalue weighted by atomic mass is 79.9. The van der Waals surface area contributed by atoms with Crippen LogP contribution in [-0.4, -0.2) is 34.6 Å². The van der Waals surface area contributed by atoms with Gasteiger partial charge in [0, 0.05) is 39.8 Å². The minimum Gasteiger partial charge on any atom is -0.352 e. The minimum atomic E-state index is -0.704. The molecule has 196 valence electrons. The first-order valence-electron chi connectivity index (χ1n) is 12.2. The van der Waals surface area contributed by atoms with Crippen LogP contribution >= 0.6 is 39.3 Å². The summed E-state index contributed by atoms with van der Waals surface area (Å²) < 4.78 is 15.2. The van der Waals surface area contributed by atoms with Gasteiger partial charge in [-0.1, -0.05) is 83.0 Å². The summed E-state index contributed by atoms with van der Waals surface area (Å²) in [5.74, 6) is -0.435. The maximum atomic E-state index is 14.2. The lowest BCUT2D eigenvalue weighted by atomic mass is 10.0. The highest BCUT2D eigenvalue weighted by Gasteiger charge is 2.31. The molecule has 4 nitrogen and oxygen atoms in total. The minimum absolute atomic E-state index is 0.0204. The number of hydrogen-bond acceptors (Lipinski definition) is 3. The molecule has 37 heavy (non-hydrogen) atoms. The lowest BCUT2D eigenvalue weighted by Crippen LogP contribution is -2.52. The maximum Gasteiger partial charge on any atom is 0.243 e. The number of carbonyl (C=O) groups is 2. The molecule has 0 fully saturated rings. The van der Waals surface area contributed by atoms with Gasteiger partial charge >= 0.3 is 0 Å². The van der Waals surface area contributed by atoms with E-state index >= 15 is 0 Å². The van der Waals surface area contributed by atoms with Crippen molar-refractivity contribution in [2.24, 2.45) is 0 Å². The number of thioether (sulfide) groups is 1. The third-order valence-corrected chi connectivity index (χ3v) is 7.90. The van der Waals surface area contributed by atoms with Crippen LogP contribution in [0.4, 0.5) is 4.39 Å². The van der Waals surface area contributed by atoms with Gasteiger partial charge in [0.05, 0.1) is 5.75 Å². The molecule has 0 saturated heterocycles. The molecule has 0 saturated carbocycles. The van der Waals surface area contributed by atoms with Crippen LogP contribution in [0, 0.1) is 5.82 Å².